The van der Waals surface area contributed by atoms with Gasteiger partial charge in [-0.15, -0.1) is 24.0 Å². The van der Waals surface area contributed by atoms with Crippen LogP contribution in [0.2, 0.25) is 0 Å². The van der Waals surface area contributed by atoms with E-state index in [4.69, 9.17) is 0 Å². The molecule has 4 heterocycles. The summed E-state index contributed by atoms with van der Waals surface area (Å²) in [6.45, 7) is 8.24. The molecular weight excluding hydrogens is 397 g/mol. The van der Waals surface area contributed by atoms with Crippen molar-refractivity contribution in [3.63, 3.8) is 0 Å². The Morgan fingerprint density at radius 3 is 2.52 bits per heavy atom. The van der Waals surface area contributed by atoms with Crippen LogP contribution in [0, 0.1) is 0 Å². The van der Waals surface area contributed by atoms with Gasteiger partial charge >= 0.3 is 0 Å². The Kier molecular flexibility index (Phi) is 7.37. The van der Waals surface area contributed by atoms with Crippen molar-refractivity contribution in [1.29, 1.82) is 0 Å². The smallest absolute Gasteiger partial charge is 0.191 e. The van der Waals surface area contributed by atoms with Crippen molar-refractivity contribution in [3.05, 3.63) is 0 Å². The fourth-order valence-corrected chi connectivity index (χ4v) is 4.57. The maximum absolute atomic E-state index is 4.35. The summed E-state index contributed by atoms with van der Waals surface area (Å²) < 4.78 is 0. The minimum Gasteiger partial charge on any atom is -0.355 e. The number of aliphatic imine (C=N–C) groups is 1. The van der Waals surface area contributed by atoms with Crippen LogP contribution in [0.15, 0.2) is 4.99 Å². The number of nitrogens with one attached hydrogen (secondary N) is 2. The molecule has 4 aliphatic heterocycles. The fraction of sp³-hybridized carbons (Fsp3) is 0.929. The monoisotopic (exact) mass is 425 g/mol. The van der Waals surface area contributed by atoms with Crippen molar-refractivity contribution < 1.29 is 0 Å². The van der Waals surface area contributed by atoms with Gasteiger partial charge in [0.05, 0.1) is 0 Å². The number of thioether (sulfide) groups is 1. The summed E-state index contributed by atoms with van der Waals surface area (Å²) in [5, 5.41) is 7.76. The number of hydrogen-bond donors (Lipinski definition) is 2. The summed E-state index contributed by atoms with van der Waals surface area (Å²) in [4.78, 5) is 9.55. The minimum absolute atomic E-state index is 0. The van der Waals surface area contributed by atoms with Gasteiger partial charge in [-0.2, -0.15) is 11.8 Å². The number of guanidine groups is 1. The largest absolute Gasteiger partial charge is 0.355 e. The second-order valence-electron chi connectivity index (χ2n) is 5.96. The van der Waals surface area contributed by atoms with E-state index < -0.39 is 0 Å². The van der Waals surface area contributed by atoms with Gasteiger partial charge in [-0.3, -0.25) is 14.8 Å². The van der Waals surface area contributed by atoms with E-state index in [1.807, 2.05) is 7.05 Å². The third kappa shape index (κ3) is 4.87. The highest BCUT2D eigenvalue weighted by atomic mass is 127. The first kappa shape index (κ1) is 17.6. The molecule has 0 aromatic heterocycles. The summed E-state index contributed by atoms with van der Waals surface area (Å²) in [7, 11) is 1.87. The van der Waals surface area contributed by atoms with Crippen LogP contribution in [-0.4, -0.2) is 85.7 Å². The molecule has 2 unspecified atom stereocenters. The molecule has 4 rings (SSSR count). The van der Waals surface area contributed by atoms with Crippen LogP contribution in [0.5, 0.6) is 0 Å². The lowest BCUT2D eigenvalue weighted by Crippen LogP contribution is -2.63. The zero-order valence-corrected chi connectivity index (χ0v) is 16.0. The van der Waals surface area contributed by atoms with E-state index in [9.17, 15) is 0 Å². The topological polar surface area (TPSA) is 42.9 Å². The van der Waals surface area contributed by atoms with Crippen molar-refractivity contribution in [2.75, 3.05) is 58.6 Å². The third-order valence-corrected chi connectivity index (χ3v) is 6.04. The van der Waals surface area contributed by atoms with Crippen LogP contribution in [0.25, 0.3) is 0 Å². The van der Waals surface area contributed by atoms with Crippen LogP contribution in [0.1, 0.15) is 12.8 Å². The van der Waals surface area contributed by atoms with Gasteiger partial charge in [0, 0.05) is 64.2 Å². The van der Waals surface area contributed by atoms with Gasteiger partial charge in [-0.1, -0.05) is 0 Å². The SMILES string of the molecule is CN=C(NCC1CCCS1)NCC1CN2CCN1CC2.I. The average molecular weight is 425 g/mol. The average Bonchev–Trinajstić information content (AvgIpc) is 3.02. The molecule has 21 heavy (non-hydrogen) atoms. The van der Waals surface area contributed by atoms with Gasteiger partial charge in [0.25, 0.3) is 0 Å². The lowest BCUT2D eigenvalue weighted by Gasteiger charge is -2.47. The molecular formula is C14H28IN5S. The summed E-state index contributed by atoms with van der Waals surface area (Å²) in [5.41, 5.74) is 0. The second kappa shape index (κ2) is 8.79. The Morgan fingerprint density at radius 2 is 1.95 bits per heavy atom. The number of nitrogens with zero attached hydrogens (tertiary/aromatic N) is 3. The summed E-state index contributed by atoms with van der Waals surface area (Å²) in [6, 6.07) is 0.650. The highest BCUT2D eigenvalue weighted by Crippen LogP contribution is 2.25. The first-order valence-corrected chi connectivity index (χ1v) is 8.92. The minimum atomic E-state index is 0. The first-order valence-electron chi connectivity index (χ1n) is 7.87. The number of fused-ring (bicyclic) bond motifs is 3. The molecule has 4 aliphatic rings. The Balaban J connectivity index is 0.00000161. The van der Waals surface area contributed by atoms with E-state index in [2.05, 4.69) is 37.2 Å². The van der Waals surface area contributed by atoms with E-state index in [1.165, 1.54) is 51.3 Å². The Bertz CT molecular complexity index is 340. The lowest BCUT2D eigenvalue weighted by atomic mass is 10.1. The summed E-state index contributed by atoms with van der Waals surface area (Å²) in [5.74, 6) is 2.29. The molecule has 122 valence electrons. The molecule has 2 bridgehead atoms. The van der Waals surface area contributed by atoms with Crippen molar-refractivity contribution in [1.82, 2.24) is 20.4 Å². The number of halogens is 1. The Morgan fingerprint density at radius 1 is 1.19 bits per heavy atom. The molecule has 7 heteroatoms. The number of piperazine rings is 3. The summed E-state index contributed by atoms with van der Waals surface area (Å²) >= 11 is 2.09. The zero-order valence-electron chi connectivity index (χ0n) is 12.9. The number of hydrogen-bond acceptors (Lipinski definition) is 4. The predicted molar refractivity (Wildman–Crippen MR) is 102 cm³/mol. The Labute approximate surface area is 149 Å². The second-order valence-corrected chi connectivity index (χ2v) is 7.37. The normalized spacial score (nSPS) is 35.4. The van der Waals surface area contributed by atoms with E-state index in [0.717, 1.165) is 24.3 Å². The van der Waals surface area contributed by atoms with Crippen LogP contribution in [0.3, 0.4) is 0 Å². The summed E-state index contributed by atoms with van der Waals surface area (Å²) in [6.07, 6.45) is 2.72. The van der Waals surface area contributed by atoms with Crippen LogP contribution in [-0.2, 0) is 0 Å². The molecule has 5 nitrogen and oxygen atoms in total. The highest BCUT2D eigenvalue weighted by molar-refractivity contribution is 14.0. The molecule has 0 aromatic carbocycles. The molecule has 2 atom stereocenters. The van der Waals surface area contributed by atoms with Crippen LogP contribution < -0.4 is 10.6 Å². The third-order valence-electron chi connectivity index (χ3n) is 4.64. The van der Waals surface area contributed by atoms with Crippen molar-refractivity contribution in [3.8, 4) is 0 Å². The highest BCUT2D eigenvalue weighted by Gasteiger charge is 2.31. The zero-order chi connectivity index (χ0) is 13.8. The number of rotatable bonds is 4. The van der Waals surface area contributed by atoms with E-state index in [1.54, 1.807) is 0 Å². The molecule has 0 radical (unpaired) electrons. The van der Waals surface area contributed by atoms with E-state index >= 15 is 0 Å². The molecule has 0 aromatic rings. The van der Waals surface area contributed by atoms with Gasteiger partial charge in [0.15, 0.2) is 5.96 Å². The molecule has 0 amide bonds. The van der Waals surface area contributed by atoms with E-state index in [0.29, 0.717) is 6.04 Å². The van der Waals surface area contributed by atoms with Crippen molar-refractivity contribution >= 4 is 41.7 Å². The first-order chi connectivity index (χ1) is 9.85. The molecule has 0 aliphatic carbocycles. The molecule has 4 saturated heterocycles. The fourth-order valence-electron chi connectivity index (χ4n) is 3.37. The molecule has 2 N–H and O–H groups in total. The molecule has 0 spiro atoms. The Hall–Kier alpha value is 0.270. The quantitative estimate of drug-likeness (QED) is 0.394. The maximum Gasteiger partial charge on any atom is 0.191 e. The predicted octanol–water partition coefficient (Wildman–Crippen LogP) is 0.665. The van der Waals surface area contributed by atoms with Crippen LogP contribution >= 0.6 is 35.7 Å². The van der Waals surface area contributed by atoms with E-state index in [-0.39, 0.29) is 24.0 Å². The molecule has 4 fully saturated rings. The van der Waals surface area contributed by atoms with Gasteiger partial charge in [-0.05, 0) is 18.6 Å². The molecule has 0 saturated carbocycles. The van der Waals surface area contributed by atoms with Crippen molar-refractivity contribution in [2.24, 2.45) is 4.99 Å². The van der Waals surface area contributed by atoms with Crippen molar-refractivity contribution in [2.45, 2.75) is 24.1 Å². The standard InChI is InChI=1S/C14H27N5S.HI/c1-15-14(17-10-13-3-2-8-20-13)16-9-12-11-18-4-6-19(12)7-5-18;/h12-13H,2-11H2,1H3,(H2,15,16,17);1H. The maximum atomic E-state index is 4.35. The van der Waals surface area contributed by atoms with Gasteiger partial charge in [-0.25, -0.2) is 0 Å². The van der Waals surface area contributed by atoms with Gasteiger partial charge < -0.3 is 10.6 Å². The van der Waals surface area contributed by atoms with Crippen LogP contribution in [0.4, 0.5) is 0 Å². The lowest BCUT2D eigenvalue weighted by molar-refractivity contribution is 0.0154. The van der Waals surface area contributed by atoms with Gasteiger partial charge in [0.2, 0.25) is 0 Å². The van der Waals surface area contributed by atoms with Gasteiger partial charge in [0.1, 0.15) is 0 Å².